The number of sulfonamides is 1. The van der Waals surface area contributed by atoms with E-state index in [1.54, 1.807) is 6.92 Å². The van der Waals surface area contributed by atoms with Crippen molar-refractivity contribution >= 4 is 21.9 Å². The van der Waals surface area contributed by atoms with Gasteiger partial charge in [-0.15, -0.1) is 0 Å². The Kier molecular flexibility index (Phi) is 7.57. The molecule has 0 spiro atoms. The van der Waals surface area contributed by atoms with Crippen molar-refractivity contribution in [2.24, 2.45) is 0 Å². The van der Waals surface area contributed by atoms with Crippen LogP contribution in [-0.4, -0.2) is 57.0 Å². The van der Waals surface area contributed by atoms with Crippen LogP contribution < -0.4 is 10.0 Å². The Hall–Kier alpha value is -1.19. The van der Waals surface area contributed by atoms with E-state index in [9.17, 15) is 18.0 Å². The van der Waals surface area contributed by atoms with Crippen molar-refractivity contribution in [1.29, 1.82) is 0 Å². The lowest BCUT2D eigenvalue weighted by atomic mass is 10.2. The summed E-state index contributed by atoms with van der Waals surface area (Å²) in [6.07, 6.45) is 0.422. The molecule has 8 nitrogen and oxygen atoms in total. The van der Waals surface area contributed by atoms with Crippen LogP contribution in [0.15, 0.2) is 0 Å². The van der Waals surface area contributed by atoms with E-state index in [1.165, 1.54) is 6.92 Å². The molecule has 9 heteroatoms. The molecule has 0 fully saturated rings. The van der Waals surface area contributed by atoms with E-state index in [-0.39, 0.29) is 5.75 Å². The van der Waals surface area contributed by atoms with Crippen molar-refractivity contribution in [3.8, 4) is 0 Å². The first-order valence-corrected chi connectivity index (χ1v) is 7.41. The molecular weight excluding hydrogens is 276 g/mol. The average Bonchev–Trinajstić information content (AvgIpc) is 2.33. The molecule has 0 saturated heterocycles. The minimum absolute atomic E-state index is 0.0922. The summed E-state index contributed by atoms with van der Waals surface area (Å²) in [7, 11) is -2.42. The molecule has 0 rings (SSSR count). The van der Waals surface area contributed by atoms with Crippen LogP contribution in [0.1, 0.15) is 20.3 Å². The molecule has 0 saturated carbocycles. The summed E-state index contributed by atoms with van der Waals surface area (Å²) in [6.45, 7) is 2.41. The molecule has 0 bridgehead atoms. The third-order valence-electron chi connectivity index (χ3n) is 2.21. The van der Waals surface area contributed by atoms with Gasteiger partial charge in [0, 0.05) is 0 Å². The molecule has 0 radical (unpaired) electrons. The third-order valence-corrected chi connectivity index (χ3v) is 3.87. The van der Waals surface area contributed by atoms with E-state index in [0.717, 1.165) is 7.11 Å². The first-order chi connectivity index (χ1) is 8.77. The van der Waals surface area contributed by atoms with Gasteiger partial charge in [-0.2, -0.15) is 0 Å². The minimum atomic E-state index is -3.53. The zero-order valence-corrected chi connectivity index (χ0v) is 12.0. The number of hydrogen-bond donors (Lipinski definition) is 3. The summed E-state index contributed by atoms with van der Waals surface area (Å²) in [5.74, 6) is -1.62. The highest BCUT2D eigenvalue weighted by Crippen LogP contribution is 1.95. The number of aliphatic hydroxyl groups is 1. The normalized spacial score (nSPS) is 14.5. The Labute approximate surface area is 112 Å². The second kappa shape index (κ2) is 8.08. The smallest absolute Gasteiger partial charge is 0.330 e. The summed E-state index contributed by atoms with van der Waals surface area (Å²) in [4.78, 5) is 22.8. The molecule has 3 N–H and O–H groups in total. The van der Waals surface area contributed by atoms with Crippen molar-refractivity contribution in [1.82, 2.24) is 10.0 Å². The molecule has 0 heterocycles. The highest BCUT2D eigenvalue weighted by Gasteiger charge is 2.25. The minimum Gasteiger partial charge on any atom is -0.467 e. The number of hydrogen-bond acceptors (Lipinski definition) is 6. The number of ether oxygens (including phenoxy) is 1. The largest absolute Gasteiger partial charge is 0.467 e. The van der Waals surface area contributed by atoms with Crippen molar-refractivity contribution in [3.63, 3.8) is 0 Å². The summed E-state index contributed by atoms with van der Waals surface area (Å²) in [6, 6.07) is -2.26. The molecule has 0 aromatic rings. The molecular formula is C10H20N2O6S. The molecule has 2 unspecified atom stereocenters. The van der Waals surface area contributed by atoms with Gasteiger partial charge in [0.2, 0.25) is 15.9 Å². The monoisotopic (exact) mass is 296 g/mol. The number of nitrogens with one attached hydrogen (secondary N) is 2. The Morgan fingerprint density at radius 2 is 1.95 bits per heavy atom. The number of amides is 1. The summed E-state index contributed by atoms with van der Waals surface area (Å²) < 4.78 is 29.5. The molecule has 0 aromatic carbocycles. The summed E-state index contributed by atoms with van der Waals surface area (Å²) in [5.41, 5.74) is 0. The number of methoxy groups -OCH3 is 1. The van der Waals surface area contributed by atoms with Crippen LogP contribution in [0.4, 0.5) is 0 Å². The maximum atomic E-state index is 11.7. The first-order valence-electron chi connectivity index (χ1n) is 5.76. The van der Waals surface area contributed by atoms with Crippen LogP contribution in [0.5, 0.6) is 0 Å². The highest BCUT2D eigenvalue weighted by atomic mass is 32.2. The summed E-state index contributed by atoms with van der Waals surface area (Å²) >= 11 is 0. The zero-order chi connectivity index (χ0) is 15.1. The fourth-order valence-electron chi connectivity index (χ4n) is 1.27. The second-order valence-electron chi connectivity index (χ2n) is 3.93. The van der Waals surface area contributed by atoms with Gasteiger partial charge in [0.1, 0.15) is 0 Å². The number of aliphatic hydroxyl groups excluding tert-OH is 1. The molecule has 0 aliphatic heterocycles. The average molecular weight is 296 g/mol. The van der Waals surface area contributed by atoms with Gasteiger partial charge in [0.15, 0.2) is 6.04 Å². The van der Waals surface area contributed by atoms with Gasteiger partial charge in [0.05, 0.1) is 25.5 Å². The zero-order valence-electron chi connectivity index (χ0n) is 11.2. The fraction of sp³-hybridized carbons (Fsp3) is 0.800. The van der Waals surface area contributed by atoms with Crippen molar-refractivity contribution < 1.29 is 27.9 Å². The van der Waals surface area contributed by atoms with Crippen LogP contribution in [-0.2, 0) is 24.3 Å². The van der Waals surface area contributed by atoms with E-state index in [0.29, 0.717) is 6.42 Å². The maximum Gasteiger partial charge on any atom is 0.330 e. The van der Waals surface area contributed by atoms with Gasteiger partial charge in [0.25, 0.3) is 0 Å². The van der Waals surface area contributed by atoms with E-state index >= 15 is 0 Å². The maximum absolute atomic E-state index is 11.7. The van der Waals surface area contributed by atoms with E-state index in [1.807, 2.05) is 0 Å². The lowest BCUT2D eigenvalue weighted by molar-refractivity contribution is -0.146. The van der Waals surface area contributed by atoms with Crippen LogP contribution in [0.3, 0.4) is 0 Å². The predicted molar refractivity (Wildman–Crippen MR) is 67.7 cm³/mol. The second-order valence-corrected chi connectivity index (χ2v) is 5.80. The predicted octanol–water partition coefficient (Wildman–Crippen LogP) is -1.65. The number of carbonyl (C=O) groups excluding carboxylic acids is 2. The Bertz CT molecular complexity index is 408. The number of carbonyl (C=O) groups is 2. The van der Waals surface area contributed by atoms with Crippen LogP contribution in [0, 0.1) is 0 Å². The number of rotatable bonds is 8. The van der Waals surface area contributed by atoms with Crippen molar-refractivity contribution in [3.05, 3.63) is 0 Å². The van der Waals surface area contributed by atoms with E-state index < -0.39 is 40.6 Å². The Balaban J connectivity index is 4.53. The van der Waals surface area contributed by atoms with Crippen molar-refractivity contribution in [2.75, 3.05) is 19.5 Å². The van der Waals surface area contributed by atoms with Gasteiger partial charge < -0.3 is 15.2 Å². The van der Waals surface area contributed by atoms with E-state index in [2.05, 4.69) is 14.8 Å². The highest BCUT2D eigenvalue weighted by molar-refractivity contribution is 7.89. The van der Waals surface area contributed by atoms with Gasteiger partial charge in [-0.05, 0) is 13.3 Å². The molecule has 2 atom stereocenters. The fourth-order valence-corrected chi connectivity index (χ4v) is 2.57. The molecule has 0 aliphatic rings. The molecule has 0 aromatic heterocycles. The van der Waals surface area contributed by atoms with Crippen LogP contribution in [0.2, 0.25) is 0 Å². The van der Waals surface area contributed by atoms with Crippen LogP contribution >= 0.6 is 0 Å². The summed E-state index contributed by atoms with van der Waals surface area (Å²) in [5, 5.41) is 11.1. The van der Waals surface area contributed by atoms with Gasteiger partial charge in [-0.3, -0.25) is 4.79 Å². The van der Waals surface area contributed by atoms with Gasteiger partial charge >= 0.3 is 5.97 Å². The molecule has 1 amide bonds. The van der Waals surface area contributed by atoms with E-state index in [4.69, 9.17) is 5.11 Å². The SMILES string of the molecule is CCCS(=O)(=O)NC(C)C(=O)NC(CO)C(=O)OC. The lowest BCUT2D eigenvalue weighted by Gasteiger charge is -2.18. The molecule has 0 aliphatic carbocycles. The Morgan fingerprint density at radius 3 is 2.37 bits per heavy atom. The number of esters is 1. The molecule has 19 heavy (non-hydrogen) atoms. The van der Waals surface area contributed by atoms with Crippen molar-refractivity contribution in [2.45, 2.75) is 32.4 Å². The first kappa shape index (κ1) is 17.8. The quantitative estimate of drug-likeness (QED) is 0.462. The Morgan fingerprint density at radius 1 is 1.37 bits per heavy atom. The lowest BCUT2D eigenvalue weighted by Crippen LogP contribution is -2.52. The third kappa shape index (κ3) is 6.50. The van der Waals surface area contributed by atoms with Gasteiger partial charge in [-0.25, -0.2) is 17.9 Å². The molecule has 112 valence electrons. The van der Waals surface area contributed by atoms with Gasteiger partial charge in [-0.1, -0.05) is 6.92 Å². The standard InChI is InChI=1S/C10H20N2O6S/c1-4-5-19(16,17)12-7(2)9(14)11-8(6-13)10(15)18-3/h7-8,12-13H,4-6H2,1-3H3,(H,11,14). The topological polar surface area (TPSA) is 122 Å². The van der Waals surface area contributed by atoms with Crippen LogP contribution in [0.25, 0.3) is 0 Å².